The second-order valence-electron chi connectivity index (χ2n) is 3.58. The molecule has 4 N–H and O–H groups in total. The molecule has 0 aliphatic heterocycles. The Morgan fingerprint density at radius 3 is 2.94 bits per heavy atom. The molecule has 2 rings (SSSR count). The van der Waals surface area contributed by atoms with Crippen molar-refractivity contribution in [2.45, 2.75) is 0 Å². The van der Waals surface area contributed by atoms with E-state index >= 15 is 0 Å². The van der Waals surface area contributed by atoms with E-state index in [-0.39, 0.29) is 19.1 Å². The van der Waals surface area contributed by atoms with E-state index in [0.29, 0.717) is 16.8 Å². The standard InChI is InChI=1S/C12H13N3O2/c13-10-3-1-2-9-8(10)4-5-14-11(9)12(17)15-6-7-16/h1-5,16H,6-7,13H2,(H,15,17). The minimum Gasteiger partial charge on any atom is -0.398 e. The number of hydrogen-bond acceptors (Lipinski definition) is 4. The van der Waals surface area contributed by atoms with Crippen molar-refractivity contribution < 1.29 is 9.90 Å². The van der Waals surface area contributed by atoms with Gasteiger partial charge in [0.2, 0.25) is 0 Å². The average molecular weight is 231 g/mol. The van der Waals surface area contributed by atoms with Crippen LogP contribution in [0.2, 0.25) is 0 Å². The monoisotopic (exact) mass is 231 g/mol. The number of rotatable bonds is 3. The largest absolute Gasteiger partial charge is 0.398 e. The molecule has 88 valence electrons. The van der Waals surface area contributed by atoms with E-state index in [2.05, 4.69) is 10.3 Å². The molecule has 0 saturated heterocycles. The van der Waals surface area contributed by atoms with Crippen LogP contribution in [0, 0.1) is 0 Å². The lowest BCUT2D eigenvalue weighted by Crippen LogP contribution is -2.27. The molecular formula is C12H13N3O2. The van der Waals surface area contributed by atoms with Crippen LogP contribution in [0.25, 0.3) is 10.8 Å². The smallest absolute Gasteiger partial charge is 0.270 e. The van der Waals surface area contributed by atoms with Gasteiger partial charge in [0.05, 0.1) is 6.61 Å². The first-order valence-corrected chi connectivity index (χ1v) is 5.26. The Bertz CT molecular complexity index is 554. The van der Waals surface area contributed by atoms with Crippen LogP contribution >= 0.6 is 0 Å². The van der Waals surface area contributed by atoms with Gasteiger partial charge in [-0.05, 0) is 12.1 Å². The van der Waals surface area contributed by atoms with Crippen LogP contribution in [0.5, 0.6) is 0 Å². The van der Waals surface area contributed by atoms with E-state index in [0.717, 1.165) is 5.39 Å². The van der Waals surface area contributed by atoms with Gasteiger partial charge in [0, 0.05) is 29.2 Å². The summed E-state index contributed by atoms with van der Waals surface area (Å²) in [5, 5.41) is 12.7. The number of hydrogen-bond donors (Lipinski definition) is 3. The van der Waals surface area contributed by atoms with E-state index in [1.165, 1.54) is 0 Å². The third-order valence-corrected chi connectivity index (χ3v) is 2.45. The summed E-state index contributed by atoms with van der Waals surface area (Å²) in [4.78, 5) is 15.9. The molecule has 2 aromatic rings. The zero-order chi connectivity index (χ0) is 12.3. The molecule has 1 aromatic carbocycles. The third-order valence-electron chi connectivity index (χ3n) is 2.45. The Labute approximate surface area is 98.3 Å². The highest BCUT2D eigenvalue weighted by Gasteiger charge is 2.11. The first-order chi connectivity index (χ1) is 8.24. The van der Waals surface area contributed by atoms with Crippen LogP contribution in [0.15, 0.2) is 30.5 Å². The average Bonchev–Trinajstić information content (AvgIpc) is 2.36. The number of aliphatic hydroxyl groups is 1. The molecule has 5 nitrogen and oxygen atoms in total. The van der Waals surface area contributed by atoms with Crippen molar-refractivity contribution in [2.75, 3.05) is 18.9 Å². The molecule has 17 heavy (non-hydrogen) atoms. The lowest BCUT2D eigenvalue weighted by Gasteiger charge is -2.07. The van der Waals surface area contributed by atoms with Crippen LogP contribution in [-0.2, 0) is 0 Å². The molecule has 1 amide bonds. The van der Waals surface area contributed by atoms with Crippen molar-refractivity contribution in [3.8, 4) is 0 Å². The van der Waals surface area contributed by atoms with Crippen molar-refractivity contribution in [1.29, 1.82) is 0 Å². The number of fused-ring (bicyclic) bond motifs is 1. The Morgan fingerprint density at radius 1 is 1.35 bits per heavy atom. The Hall–Kier alpha value is -2.14. The van der Waals surface area contributed by atoms with Gasteiger partial charge in [0.15, 0.2) is 0 Å². The zero-order valence-electron chi connectivity index (χ0n) is 9.18. The second-order valence-corrected chi connectivity index (χ2v) is 3.58. The molecule has 0 aliphatic rings. The van der Waals surface area contributed by atoms with Crippen molar-refractivity contribution in [2.24, 2.45) is 0 Å². The molecule has 0 spiro atoms. The minimum atomic E-state index is -0.310. The maximum atomic E-state index is 11.8. The molecule has 5 heteroatoms. The summed E-state index contributed by atoms with van der Waals surface area (Å²) in [5.41, 5.74) is 6.76. The highest BCUT2D eigenvalue weighted by Crippen LogP contribution is 2.22. The van der Waals surface area contributed by atoms with E-state index in [1.807, 2.05) is 0 Å². The summed E-state index contributed by atoms with van der Waals surface area (Å²) in [7, 11) is 0. The lowest BCUT2D eigenvalue weighted by molar-refractivity contribution is 0.0941. The van der Waals surface area contributed by atoms with Crippen molar-refractivity contribution in [3.63, 3.8) is 0 Å². The number of carbonyl (C=O) groups is 1. The molecule has 0 fully saturated rings. The summed E-state index contributed by atoms with van der Waals surface area (Å²) in [6.07, 6.45) is 1.55. The Kier molecular flexibility index (Phi) is 3.20. The van der Waals surface area contributed by atoms with Gasteiger partial charge in [-0.15, -0.1) is 0 Å². The van der Waals surface area contributed by atoms with E-state index in [1.54, 1.807) is 30.5 Å². The maximum absolute atomic E-state index is 11.8. The number of pyridine rings is 1. The quantitative estimate of drug-likeness (QED) is 0.673. The van der Waals surface area contributed by atoms with Crippen LogP contribution < -0.4 is 11.1 Å². The van der Waals surface area contributed by atoms with E-state index in [4.69, 9.17) is 10.8 Å². The molecule has 0 radical (unpaired) electrons. The third kappa shape index (κ3) is 2.19. The zero-order valence-corrected chi connectivity index (χ0v) is 9.18. The number of nitrogen functional groups attached to an aromatic ring is 1. The fourth-order valence-corrected chi connectivity index (χ4v) is 1.67. The molecule has 1 heterocycles. The molecule has 0 atom stereocenters. The Morgan fingerprint density at radius 2 is 2.18 bits per heavy atom. The van der Waals surface area contributed by atoms with Crippen LogP contribution in [0.1, 0.15) is 10.5 Å². The van der Waals surface area contributed by atoms with Gasteiger partial charge in [-0.3, -0.25) is 9.78 Å². The molecule has 0 saturated carbocycles. The number of aliphatic hydroxyl groups excluding tert-OH is 1. The molecular weight excluding hydrogens is 218 g/mol. The first-order valence-electron chi connectivity index (χ1n) is 5.26. The summed E-state index contributed by atoms with van der Waals surface area (Å²) in [5.74, 6) is -0.310. The fraction of sp³-hybridized carbons (Fsp3) is 0.167. The second kappa shape index (κ2) is 4.80. The summed E-state index contributed by atoms with van der Waals surface area (Å²) in [6, 6.07) is 7.12. The van der Waals surface area contributed by atoms with Crippen molar-refractivity contribution >= 4 is 22.4 Å². The minimum absolute atomic E-state index is 0.0986. The van der Waals surface area contributed by atoms with Crippen LogP contribution in [0.4, 0.5) is 5.69 Å². The normalized spacial score (nSPS) is 10.4. The van der Waals surface area contributed by atoms with Gasteiger partial charge in [-0.2, -0.15) is 0 Å². The van der Waals surface area contributed by atoms with Gasteiger partial charge < -0.3 is 16.2 Å². The number of amides is 1. The number of carbonyl (C=O) groups excluding carboxylic acids is 1. The Balaban J connectivity index is 2.47. The predicted molar refractivity (Wildman–Crippen MR) is 65.6 cm³/mol. The van der Waals surface area contributed by atoms with Crippen LogP contribution in [0.3, 0.4) is 0 Å². The highest BCUT2D eigenvalue weighted by atomic mass is 16.3. The highest BCUT2D eigenvalue weighted by molar-refractivity contribution is 6.07. The fourth-order valence-electron chi connectivity index (χ4n) is 1.67. The summed E-state index contributed by atoms with van der Waals surface area (Å²) >= 11 is 0. The molecule has 0 unspecified atom stereocenters. The molecule has 1 aromatic heterocycles. The predicted octanol–water partition coefficient (Wildman–Crippen LogP) is 0.539. The summed E-state index contributed by atoms with van der Waals surface area (Å²) in [6.45, 7) is 0.109. The first kappa shape index (κ1) is 11.3. The van der Waals surface area contributed by atoms with Crippen LogP contribution in [-0.4, -0.2) is 29.1 Å². The number of aromatic nitrogens is 1. The SMILES string of the molecule is Nc1cccc2c(C(=O)NCCO)nccc12. The van der Waals surface area contributed by atoms with Gasteiger partial charge in [-0.25, -0.2) is 0 Å². The maximum Gasteiger partial charge on any atom is 0.270 e. The van der Waals surface area contributed by atoms with E-state index < -0.39 is 0 Å². The number of benzene rings is 1. The van der Waals surface area contributed by atoms with E-state index in [9.17, 15) is 4.79 Å². The topological polar surface area (TPSA) is 88.2 Å². The summed E-state index contributed by atoms with van der Waals surface area (Å²) < 4.78 is 0. The van der Waals surface area contributed by atoms with Gasteiger partial charge in [0.1, 0.15) is 5.69 Å². The number of nitrogens with two attached hydrogens (primary N) is 1. The number of anilines is 1. The van der Waals surface area contributed by atoms with Crippen molar-refractivity contribution in [3.05, 3.63) is 36.2 Å². The van der Waals surface area contributed by atoms with Crippen molar-refractivity contribution in [1.82, 2.24) is 10.3 Å². The number of nitrogens with zero attached hydrogens (tertiary/aromatic N) is 1. The molecule has 0 aliphatic carbocycles. The lowest BCUT2D eigenvalue weighted by atomic mass is 10.1. The van der Waals surface area contributed by atoms with Gasteiger partial charge in [-0.1, -0.05) is 12.1 Å². The number of nitrogens with one attached hydrogen (secondary N) is 1. The molecule has 0 bridgehead atoms. The van der Waals surface area contributed by atoms with Gasteiger partial charge in [0.25, 0.3) is 5.91 Å². The van der Waals surface area contributed by atoms with Gasteiger partial charge >= 0.3 is 0 Å².